The highest BCUT2D eigenvalue weighted by atomic mass is 16.5. The Bertz CT molecular complexity index is 388. The molecule has 0 atom stereocenters. The highest BCUT2D eigenvalue weighted by Gasteiger charge is 2.11. The molecule has 0 aliphatic rings. The number of carbonyl (C=O) groups is 2. The van der Waals surface area contributed by atoms with Gasteiger partial charge in [-0.05, 0) is 19.1 Å². The van der Waals surface area contributed by atoms with E-state index in [0.29, 0.717) is 24.3 Å². The summed E-state index contributed by atoms with van der Waals surface area (Å²) in [5, 5.41) is 2.54. The van der Waals surface area contributed by atoms with Crippen LogP contribution in [0.15, 0.2) is 24.3 Å². The summed E-state index contributed by atoms with van der Waals surface area (Å²) in [5.74, 6) is -0.00704. The van der Waals surface area contributed by atoms with Crippen molar-refractivity contribution in [3.05, 3.63) is 29.8 Å². The molecule has 0 aliphatic heterocycles. The van der Waals surface area contributed by atoms with Crippen LogP contribution < -0.4 is 5.32 Å². The second-order valence-electron chi connectivity index (χ2n) is 3.17. The van der Waals surface area contributed by atoms with Gasteiger partial charge in [0, 0.05) is 12.0 Å². The molecule has 0 saturated heterocycles. The number of amides is 1. The summed E-state index contributed by atoms with van der Waals surface area (Å²) in [6, 6.07) is 6.89. The van der Waals surface area contributed by atoms with Crippen molar-refractivity contribution in [2.45, 2.75) is 20.3 Å². The van der Waals surface area contributed by atoms with E-state index in [0.717, 1.165) is 0 Å². The molecule has 1 aromatic carbocycles. The molecule has 0 radical (unpaired) electrons. The summed E-state index contributed by atoms with van der Waals surface area (Å²) in [5.41, 5.74) is 1.01. The van der Waals surface area contributed by atoms with Gasteiger partial charge in [0.05, 0.1) is 12.3 Å². The first-order valence-electron chi connectivity index (χ1n) is 5.25. The minimum Gasteiger partial charge on any atom is -0.450 e. The smallest absolute Gasteiger partial charge is 0.411 e. The molecular weight excluding hydrogens is 206 g/mol. The van der Waals surface area contributed by atoms with E-state index in [1.54, 1.807) is 38.1 Å². The van der Waals surface area contributed by atoms with Crippen LogP contribution in [0.25, 0.3) is 0 Å². The Morgan fingerprint density at radius 3 is 2.56 bits per heavy atom. The van der Waals surface area contributed by atoms with E-state index in [2.05, 4.69) is 5.32 Å². The monoisotopic (exact) mass is 221 g/mol. The maximum absolute atomic E-state index is 11.6. The molecule has 0 saturated carbocycles. The minimum atomic E-state index is -0.543. The van der Waals surface area contributed by atoms with Crippen LogP contribution in [0.1, 0.15) is 30.6 Å². The van der Waals surface area contributed by atoms with Gasteiger partial charge in [0.15, 0.2) is 5.78 Å². The van der Waals surface area contributed by atoms with E-state index in [-0.39, 0.29) is 5.78 Å². The molecular formula is C12H15NO3. The zero-order chi connectivity index (χ0) is 12.0. The Hall–Kier alpha value is -1.84. The fourth-order valence-electron chi connectivity index (χ4n) is 1.30. The molecule has 1 N–H and O–H groups in total. The summed E-state index contributed by atoms with van der Waals surface area (Å²) < 4.78 is 4.75. The van der Waals surface area contributed by atoms with Gasteiger partial charge in [0.25, 0.3) is 0 Å². The second-order valence-corrected chi connectivity index (χ2v) is 3.17. The SMILES string of the molecule is CCOC(=O)Nc1ccccc1C(=O)CC. The van der Waals surface area contributed by atoms with Crippen molar-refractivity contribution in [2.75, 3.05) is 11.9 Å². The average Bonchev–Trinajstić information content (AvgIpc) is 2.29. The molecule has 1 rings (SSSR count). The lowest BCUT2D eigenvalue weighted by molar-refractivity contribution is 0.0989. The maximum atomic E-state index is 11.6. The summed E-state index contributed by atoms with van der Waals surface area (Å²) in [6.45, 7) is 3.81. The van der Waals surface area contributed by atoms with Crippen molar-refractivity contribution in [3.63, 3.8) is 0 Å². The van der Waals surface area contributed by atoms with E-state index >= 15 is 0 Å². The molecule has 1 aromatic rings. The molecule has 0 spiro atoms. The number of benzene rings is 1. The second kappa shape index (κ2) is 5.90. The Morgan fingerprint density at radius 1 is 1.25 bits per heavy atom. The van der Waals surface area contributed by atoms with E-state index in [9.17, 15) is 9.59 Å². The summed E-state index contributed by atoms with van der Waals surface area (Å²) in [6.07, 6.45) is -0.138. The number of para-hydroxylation sites is 1. The minimum absolute atomic E-state index is 0.00704. The van der Waals surface area contributed by atoms with Crippen molar-refractivity contribution in [2.24, 2.45) is 0 Å². The first kappa shape index (κ1) is 12.2. The standard InChI is InChI=1S/C12H15NO3/c1-3-11(14)9-7-5-6-8-10(9)13-12(15)16-4-2/h5-8H,3-4H2,1-2H3,(H,13,15). The fraction of sp³-hybridized carbons (Fsp3) is 0.333. The topological polar surface area (TPSA) is 55.4 Å². The Balaban J connectivity index is 2.87. The van der Waals surface area contributed by atoms with Gasteiger partial charge in [-0.15, -0.1) is 0 Å². The lowest BCUT2D eigenvalue weighted by Crippen LogP contribution is -2.15. The number of anilines is 1. The van der Waals surface area contributed by atoms with E-state index < -0.39 is 6.09 Å². The van der Waals surface area contributed by atoms with Crippen LogP contribution in [0.3, 0.4) is 0 Å². The van der Waals surface area contributed by atoms with Crippen molar-refractivity contribution >= 4 is 17.6 Å². The number of rotatable bonds is 4. The lowest BCUT2D eigenvalue weighted by Gasteiger charge is -2.09. The number of carbonyl (C=O) groups excluding carboxylic acids is 2. The van der Waals surface area contributed by atoms with Gasteiger partial charge >= 0.3 is 6.09 Å². The van der Waals surface area contributed by atoms with Crippen molar-refractivity contribution in [3.8, 4) is 0 Å². The van der Waals surface area contributed by atoms with Crippen LogP contribution in [0.2, 0.25) is 0 Å². The first-order chi connectivity index (χ1) is 7.69. The molecule has 0 fully saturated rings. The van der Waals surface area contributed by atoms with Crippen LogP contribution >= 0.6 is 0 Å². The van der Waals surface area contributed by atoms with E-state index in [1.165, 1.54) is 0 Å². The van der Waals surface area contributed by atoms with E-state index in [4.69, 9.17) is 4.74 Å². The number of hydrogen-bond acceptors (Lipinski definition) is 3. The molecule has 0 aliphatic carbocycles. The molecule has 86 valence electrons. The third-order valence-corrected chi connectivity index (χ3v) is 2.06. The zero-order valence-electron chi connectivity index (χ0n) is 9.45. The number of ether oxygens (including phenoxy) is 1. The Kier molecular flexibility index (Phi) is 4.51. The van der Waals surface area contributed by atoms with E-state index in [1.807, 2.05) is 0 Å². The number of hydrogen-bond donors (Lipinski definition) is 1. The first-order valence-corrected chi connectivity index (χ1v) is 5.25. The molecule has 4 nitrogen and oxygen atoms in total. The highest BCUT2D eigenvalue weighted by molar-refractivity contribution is 6.03. The van der Waals surface area contributed by atoms with Gasteiger partial charge in [0.1, 0.15) is 0 Å². The number of Topliss-reactive ketones (excluding diaryl/α,β-unsaturated/α-hetero) is 1. The molecule has 16 heavy (non-hydrogen) atoms. The molecule has 4 heteroatoms. The Morgan fingerprint density at radius 2 is 1.94 bits per heavy atom. The quantitative estimate of drug-likeness (QED) is 0.795. The van der Waals surface area contributed by atoms with Crippen molar-refractivity contribution in [1.82, 2.24) is 0 Å². The maximum Gasteiger partial charge on any atom is 0.411 e. The third kappa shape index (κ3) is 3.08. The van der Waals surface area contributed by atoms with Gasteiger partial charge in [0.2, 0.25) is 0 Å². The van der Waals surface area contributed by atoms with Crippen molar-refractivity contribution in [1.29, 1.82) is 0 Å². The van der Waals surface area contributed by atoms with Crippen molar-refractivity contribution < 1.29 is 14.3 Å². The van der Waals surface area contributed by atoms with Gasteiger partial charge in [-0.3, -0.25) is 10.1 Å². The number of ketones is 1. The van der Waals surface area contributed by atoms with Gasteiger partial charge in [-0.25, -0.2) is 4.79 Å². The summed E-state index contributed by atoms with van der Waals surface area (Å²) in [7, 11) is 0. The van der Waals surface area contributed by atoms with Crippen LogP contribution in [0.5, 0.6) is 0 Å². The fourth-order valence-corrected chi connectivity index (χ4v) is 1.30. The normalized spacial score (nSPS) is 9.62. The van der Waals surface area contributed by atoms with Gasteiger partial charge < -0.3 is 4.74 Å². The molecule has 0 heterocycles. The largest absolute Gasteiger partial charge is 0.450 e. The van der Waals surface area contributed by atoms with Crippen LogP contribution in [-0.2, 0) is 4.74 Å². The molecule has 0 aromatic heterocycles. The zero-order valence-corrected chi connectivity index (χ0v) is 9.45. The lowest BCUT2D eigenvalue weighted by atomic mass is 10.1. The predicted molar refractivity (Wildman–Crippen MR) is 61.7 cm³/mol. The molecule has 0 unspecified atom stereocenters. The third-order valence-electron chi connectivity index (χ3n) is 2.06. The predicted octanol–water partition coefficient (Wildman–Crippen LogP) is 2.85. The van der Waals surface area contributed by atoms with Crippen LogP contribution in [0, 0.1) is 0 Å². The number of nitrogens with one attached hydrogen (secondary N) is 1. The van der Waals surface area contributed by atoms with Gasteiger partial charge in [-0.2, -0.15) is 0 Å². The summed E-state index contributed by atoms with van der Waals surface area (Å²) >= 11 is 0. The average molecular weight is 221 g/mol. The Labute approximate surface area is 94.6 Å². The molecule has 0 bridgehead atoms. The van der Waals surface area contributed by atoms with Crippen LogP contribution in [0.4, 0.5) is 10.5 Å². The molecule has 1 amide bonds. The highest BCUT2D eigenvalue weighted by Crippen LogP contribution is 2.16. The van der Waals surface area contributed by atoms with Gasteiger partial charge in [-0.1, -0.05) is 19.1 Å². The summed E-state index contributed by atoms with van der Waals surface area (Å²) in [4.78, 5) is 22.8. The van der Waals surface area contributed by atoms with Crippen LogP contribution in [-0.4, -0.2) is 18.5 Å².